The highest BCUT2D eigenvalue weighted by Crippen LogP contribution is 2.26. The van der Waals surface area contributed by atoms with Crippen LogP contribution in [0.5, 0.6) is 0 Å². The highest BCUT2D eigenvalue weighted by atomic mass is 15.1. The van der Waals surface area contributed by atoms with E-state index in [1.807, 2.05) is 0 Å². The Labute approximate surface area is 121 Å². The summed E-state index contributed by atoms with van der Waals surface area (Å²) < 4.78 is 4.38. The molecule has 3 heterocycles. The number of aromatic nitrogens is 3. The second-order valence-corrected chi connectivity index (χ2v) is 5.53. The van der Waals surface area contributed by atoms with Crippen molar-refractivity contribution in [2.75, 3.05) is 0 Å². The van der Waals surface area contributed by atoms with Gasteiger partial charge in [0.05, 0.1) is 16.6 Å². The molecule has 3 nitrogen and oxygen atoms in total. The summed E-state index contributed by atoms with van der Waals surface area (Å²) >= 11 is 0. The van der Waals surface area contributed by atoms with Gasteiger partial charge in [-0.05, 0) is 42.0 Å². The number of rotatable bonds is 0. The van der Waals surface area contributed by atoms with Gasteiger partial charge in [0.1, 0.15) is 0 Å². The zero-order valence-corrected chi connectivity index (χ0v) is 11.6. The molecule has 3 heteroatoms. The van der Waals surface area contributed by atoms with Crippen molar-refractivity contribution in [3.63, 3.8) is 0 Å². The van der Waals surface area contributed by atoms with Gasteiger partial charge in [0.2, 0.25) is 0 Å². The number of benzene rings is 2. The van der Waals surface area contributed by atoms with Crippen LogP contribution in [0.4, 0.5) is 0 Å². The van der Waals surface area contributed by atoms with Gasteiger partial charge >= 0.3 is 0 Å². The fraction of sp³-hybridized carbons (Fsp3) is 0.0556. The summed E-state index contributed by atoms with van der Waals surface area (Å²) in [5.41, 5.74) is 5.56. The van der Waals surface area contributed by atoms with Gasteiger partial charge < -0.3 is 4.40 Å². The topological polar surface area (TPSA) is 21.7 Å². The molecule has 100 valence electrons. The van der Waals surface area contributed by atoms with Crippen LogP contribution < -0.4 is 0 Å². The lowest BCUT2D eigenvalue weighted by Crippen LogP contribution is -1.96. The molecule has 0 aliphatic rings. The summed E-state index contributed by atoms with van der Waals surface area (Å²) in [5, 5.41) is 2.49. The zero-order chi connectivity index (χ0) is 14.0. The van der Waals surface area contributed by atoms with Crippen LogP contribution in [-0.4, -0.2) is 13.8 Å². The molecule has 2 aromatic carbocycles. The molecule has 0 radical (unpaired) electrons. The lowest BCUT2D eigenvalue weighted by Gasteiger charge is -2.05. The largest absolute Gasteiger partial charge is 0.319 e. The van der Waals surface area contributed by atoms with Crippen molar-refractivity contribution < 1.29 is 0 Å². The van der Waals surface area contributed by atoms with Gasteiger partial charge in [0, 0.05) is 18.1 Å². The molecule has 0 aliphatic heterocycles. The fourth-order valence-electron chi connectivity index (χ4n) is 3.25. The average Bonchev–Trinajstić information content (AvgIpc) is 3.08. The maximum absolute atomic E-state index is 4.87. The van der Waals surface area contributed by atoms with E-state index < -0.39 is 0 Å². The Hall–Kier alpha value is -2.81. The molecule has 0 atom stereocenters. The molecule has 21 heavy (non-hydrogen) atoms. The molecule has 5 rings (SSSR count). The van der Waals surface area contributed by atoms with Crippen LogP contribution in [0.2, 0.25) is 0 Å². The molecule has 0 N–H and O–H groups in total. The minimum atomic E-state index is 1.02. The number of hydrogen-bond acceptors (Lipinski definition) is 1. The van der Waals surface area contributed by atoms with Gasteiger partial charge in [0.25, 0.3) is 0 Å². The Balaban J connectivity index is 2.10. The van der Waals surface area contributed by atoms with E-state index in [4.69, 9.17) is 4.98 Å². The molecule has 0 fully saturated rings. The minimum Gasteiger partial charge on any atom is -0.319 e. The average molecular weight is 271 g/mol. The number of nitrogens with zero attached hydrogens (tertiary/aromatic N) is 3. The predicted molar refractivity (Wildman–Crippen MR) is 85.9 cm³/mol. The third-order valence-corrected chi connectivity index (χ3v) is 4.21. The van der Waals surface area contributed by atoms with Crippen LogP contribution in [0.15, 0.2) is 60.9 Å². The highest BCUT2D eigenvalue weighted by Gasteiger charge is 2.11. The first kappa shape index (κ1) is 10.9. The van der Waals surface area contributed by atoms with E-state index >= 15 is 0 Å². The molecule has 0 saturated carbocycles. The normalized spacial score (nSPS) is 12.0. The first-order valence-corrected chi connectivity index (χ1v) is 7.08. The van der Waals surface area contributed by atoms with E-state index in [2.05, 4.69) is 76.6 Å². The van der Waals surface area contributed by atoms with Crippen molar-refractivity contribution in [1.82, 2.24) is 13.8 Å². The third kappa shape index (κ3) is 1.35. The van der Waals surface area contributed by atoms with Crippen molar-refractivity contribution >= 4 is 33.0 Å². The molecule has 0 aliphatic carbocycles. The van der Waals surface area contributed by atoms with Crippen molar-refractivity contribution in [1.29, 1.82) is 0 Å². The monoisotopic (exact) mass is 271 g/mol. The molecule has 0 spiro atoms. The summed E-state index contributed by atoms with van der Waals surface area (Å²) in [5.74, 6) is 0. The Morgan fingerprint density at radius 3 is 2.57 bits per heavy atom. The van der Waals surface area contributed by atoms with E-state index in [9.17, 15) is 0 Å². The SMILES string of the molecule is Cc1cn2cccc2c2nc3cc4ccccc4cc3n12. The standard InChI is InChI=1S/C18H13N3/c1-12-11-20-8-4-7-16(20)18-19-15-9-13-5-2-3-6-14(13)10-17(15)21(12)18/h2-11H,1H3. The van der Waals surface area contributed by atoms with Gasteiger partial charge in [-0.25, -0.2) is 4.98 Å². The van der Waals surface area contributed by atoms with E-state index in [1.54, 1.807) is 0 Å². The Kier molecular flexibility index (Phi) is 1.89. The Morgan fingerprint density at radius 1 is 0.905 bits per heavy atom. The van der Waals surface area contributed by atoms with Crippen LogP contribution in [0.3, 0.4) is 0 Å². The maximum atomic E-state index is 4.87. The van der Waals surface area contributed by atoms with Gasteiger partial charge in [-0.2, -0.15) is 0 Å². The summed E-state index contributed by atoms with van der Waals surface area (Å²) in [7, 11) is 0. The van der Waals surface area contributed by atoms with E-state index in [0.29, 0.717) is 0 Å². The third-order valence-electron chi connectivity index (χ3n) is 4.21. The molecule has 3 aromatic heterocycles. The second-order valence-electron chi connectivity index (χ2n) is 5.53. The van der Waals surface area contributed by atoms with E-state index in [1.165, 1.54) is 22.0 Å². The van der Waals surface area contributed by atoms with Crippen LogP contribution in [0.25, 0.3) is 33.0 Å². The quantitative estimate of drug-likeness (QED) is 0.413. The smallest absolute Gasteiger partial charge is 0.162 e. The first-order valence-electron chi connectivity index (χ1n) is 7.08. The van der Waals surface area contributed by atoms with Crippen LogP contribution >= 0.6 is 0 Å². The maximum Gasteiger partial charge on any atom is 0.162 e. The molecule has 0 unspecified atom stereocenters. The first-order chi connectivity index (χ1) is 10.3. The Morgan fingerprint density at radius 2 is 1.71 bits per heavy atom. The minimum absolute atomic E-state index is 1.02. The van der Waals surface area contributed by atoms with Gasteiger partial charge in [-0.15, -0.1) is 0 Å². The zero-order valence-electron chi connectivity index (χ0n) is 11.6. The fourth-order valence-corrected chi connectivity index (χ4v) is 3.25. The van der Waals surface area contributed by atoms with Gasteiger partial charge in [-0.1, -0.05) is 24.3 Å². The van der Waals surface area contributed by atoms with Crippen molar-refractivity contribution in [2.24, 2.45) is 0 Å². The summed E-state index contributed by atoms with van der Waals surface area (Å²) in [6.45, 7) is 2.13. The lowest BCUT2D eigenvalue weighted by molar-refractivity contribution is 1.05. The van der Waals surface area contributed by atoms with Crippen molar-refractivity contribution in [3.8, 4) is 0 Å². The van der Waals surface area contributed by atoms with Crippen LogP contribution in [-0.2, 0) is 0 Å². The Bertz CT molecular complexity index is 1140. The molecule has 0 saturated heterocycles. The van der Waals surface area contributed by atoms with E-state index in [0.717, 1.165) is 16.7 Å². The van der Waals surface area contributed by atoms with Gasteiger partial charge in [0.15, 0.2) is 5.65 Å². The van der Waals surface area contributed by atoms with Gasteiger partial charge in [-0.3, -0.25) is 4.40 Å². The number of hydrogen-bond donors (Lipinski definition) is 0. The van der Waals surface area contributed by atoms with Crippen molar-refractivity contribution in [2.45, 2.75) is 6.92 Å². The van der Waals surface area contributed by atoms with Crippen molar-refractivity contribution in [3.05, 3.63) is 66.6 Å². The summed E-state index contributed by atoms with van der Waals surface area (Å²) in [4.78, 5) is 4.87. The number of aryl methyl sites for hydroxylation is 1. The highest BCUT2D eigenvalue weighted by molar-refractivity contribution is 5.98. The van der Waals surface area contributed by atoms with E-state index in [-0.39, 0.29) is 0 Å². The molecule has 0 bridgehead atoms. The molecule has 0 amide bonds. The molecule has 5 aromatic rings. The summed E-state index contributed by atoms with van der Waals surface area (Å²) in [6, 6.07) is 17.0. The number of imidazole rings is 1. The second kappa shape index (κ2) is 3.64. The lowest BCUT2D eigenvalue weighted by atomic mass is 10.1. The molecular formula is C18H13N3. The van der Waals surface area contributed by atoms with Crippen LogP contribution in [0, 0.1) is 6.92 Å². The summed E-state index contributed by atoms with van der Waals surface area (Å²) in [6.07, 6.45) is 4.22. The molecular weight excluding hydrogens is 258 g/mol. The van der Waals surface area contributed by atoms with Crippen LogP contribution in [0.1, 0.15) is 5.69 Å². The number of fused-ring (bicyclic) bond motifs is 6. The predicted octanol–water partition coefficient (Wildman–Crippen LogP) is 4.20.